The second kappa shape index (κ2) is 6.51. The van der Waals surface area contributed by atoms with Crippen LogP contribution in [0.3, 0.4) is 0 Å². The Morgan fingerprint density at radius 1 is 1.23 bits per heavy atom. The summed E-state index contributed by atoms with van der Waals surface area (Å²) in [5, 5.41) is 0. The molecule has 0 bridgehead atoms. The number of aromatic nitrogens is 4. The number of aromatic amines is 1. The molecule has 0 spiro atoms. The molecule has 4 rings (SSSR count). The smallest absolute Gasteiger partial charge is 0.240 e. The molecule has 1 saturated carbocycles. The van der Waals surface area contributed by atoms with Crippen LogP contribution in [0.1, 0.15) is 43.8 Å². The molecule has 1 aliphatic carbocycles. The predicted octanol–water partition coefficient (Wildman–Crippen LogP) is 2.92. The van der Waals surface area contributed by atoms with Crippen LogP contribution in [0.15, 0.2) is 29.6 Å². The van der Waals surface area contributed by atoms with Crippen molar-refractivity contribution in [2.45, 2.75) is 42.9 Å². The lowest BCUT2D eigenvalue weighted by atomic mass is 9.89. The lowest BCUT2D eigenvalue weighted by molar-refractivity contribution is 0.431. The summed E-state index contributed by atoms with van der Waals surface area (Å²) in [7, 11) is -0.255. The van der Waals surface area contributed by atoms with Crippen LogP contribution in [-0.2, 0) is 17.1 Å². The zero-order chi connectivity index (χ0) is 18.3. The van der Waals surface area contributed by atoms with Crippen LogP contribution in [-0.4, -0.2) is 35.0 Å². The van der Waals surface area contributed by atoms with Gasteiger partial charge in [0.05, 0.1) is 28.0 Å². The molecule has 0 unspecified atom stereocenters. The Morgan fingerprint density at radius 2 is 2.00 bits per heavy atom. The van der Waals surface area contributed by atoms with Gasteiger partial charge >= 0.3 is 0 Å². The van der Waals surface area contributed by atoms with Gasteiger partial charge in [-0.3, -0.25) is 0 Å². The first kappa shape index (κ1) is 17.2. The van der Waals surface area contributed by atoms with Gasteiger partial charge in [0, 0.05) is 24.7 Å². The second-order valence-corrected chi connectivity index (χ2v) is 8.84. The first-order valence-electron chi connectivity index (χ1n) is 8.93. The highest BCUT2D eigenvalue weighted by atomic mass is 32.2. The first-order chi connectivity index (χ1) is 12.5. The Bertz CT molecular complexity index is 1040. The van der Waals surface area contributed by atoms with Crippen molar-refractivity contribution in [2.75, 3.05) is 7.05 Å². The minimum absolute atomic E-state index is 0.215. The van der Waals surface area contributed by atoms with E-state index in [1.54, 1.807) is 18.5 Å². The van der Waals surface area contributed by atoms with Crippen LogP contribution in [0.4, 0.5) is 0 Å². The van der Waals surface area contributed by atoms with Gasteiger partial charge in [-0.15, -0.1) is 0 Å². The van der Waals surface area contributed by atoms with Crippen molar-refractivity contribution in [3.05, 3.63) is 30.5 Å². The lowest BCUT2D eigenvalue weighted by Gasteiger charge is -2.19. The molecule has 26 heavy (non-hydrogen) atoms. The van der Waals surface area contributed by atoms with Gasteiger partial charge in [-0.05, 0) is 32.0 Å². The maximum atomic E-state index is 12.4. The zero-order valence-corrected chi connectivity index (χ0v) is 15.8. The van der Waals surface area contributed by atoms with Crippen molar-refractivity contribution in [1.82, 2.24) is 24.2 Å². The van der Waals surface area contributed by atoms with Crippen LogP contribution in [0.5, 0.6) is 0 Å². The van der Waals surface area contributed by atoms with Gasteiger partial charge in [0.25, 0.3) is 0 Å². The molecule has 7 nitrogen and oxygen atoms in total. The molecular weight excluding hydrogens is 350 g/mol. The van der Waals surface area contributed by atoms with Crippen LogP contribution in [0.25, 0.3) is 22.3 Å². The number of H-pyrrole nitrogens is 1. The van der Waals surface area contributed by atoms with Crippen molar-refractivity contribution >= 4 is 21.1 Å². The SMILES string of the molecule is CNS(=O)(=O)c1cc(-c2cn(C)cn2)c2nc(C3CCCCC3)[nH]c2c1. The summed E-state index contributed by atoms with van der Waals surface area (Å²) in [6.45, 7) is 0. The molecule has 0 amide bonds. The van der Waals surface area contributed by atoms with Gasteiger partial charge in [-0.2, -0.15) is 0 Å². The van der Waals surface area contributed by atoms with E-state index in [1.807, 2.05) is 17.8 Å². The molecule has 2 aromatic heterocycles. The summed E-state index contributed by atoms with van der Waals surface area (Å²) in [4.78, 5) is 12.8. The van der Waals surface area contributed by atoms with Gasteiger partial charge in [0.1, 0.15) is 5.82 Å². The summed E-state index contributed by atoms with van der Waals surface area (Å²) in [6, 6.07) is 3.31. The van der Waals surface area contributed by atoms with Gasteiger partial charge in [-0.1, -0.05) is 19.3 Å². The van der Waals surface area contributed by atoms with E-state index < -0.39 is 10.0 Å². The van der Waals surface area contributed by atoms with Gasteiger partial charge < -0.3 is 9.55 Å². The van der Waals surface area contributed by atoms with E-state index in [4.69, 9.17) is 4.98 Å². The van der Waals surface area contributed by atoms with E-state index in [0.29, 0.717) is 11.6 Å². The Balaban J connectivity index is 1.92. The van der Waals surface area contributed by atoms with E-state index in [1.165, 1.54) is 26.3 Å². The van der Waals surface area contributed by atoms with Crippen molar-refractivity contribution < 1.29 is 8.42 Å². The fourth-order valence-electron chi connectivity index (χ4n) is 3.70. The van der Waals surface area contributed by atoms with Crippen molar-refractivity contribution in [1.29, 1.82) is 0 Å². The summed E-state index contributed by atoms with van der Waals surface area (Å²) in [6.07, 6.45) is 9.54. The van der Waals surface area contributed by atoms with E-state index in [2.05, 4.69) is 14.7 Å². The van der Waals surface area contributed by atoms with Crippen molar-refractivity contribution in [3.63, 3.8) is 0 Å². The molecule has 8 heteroatoms. The highest BCUT2D eigenvalue weighted by Crippen LogP contribution is 2.35. The predicted molar refractivity (Wildman–Crippen MR) is 100 cm³/mol. The normalized spacial score (nSPS) is 16.4. The Morgan fingerprint density at radius 3 is 2.65 bits per heavy atom. The quantitative estimate of drug-likeness (QED) is 0.735. The fourth-order valence-corrected chi connectivity index (χ4v) is 4.48. The van der Waals surface area contributed by atoms with Crippen LogP contribution in [0, 0.1) is 0 Å². The molecule has 2 heterocycles. The number of nitrogens with zero attached hydrogens (tertiary/aromatic N) is 3. The van der Waals surface area contributed by atoms with E-state index in [9.17, 15) is 8.42 Å². The van der Waals surface area contributed by atoms with E-state index >= 15 is 0 Å². The largest absolute Gasteiger partial charge is 0.342 e. The molecule has 0 aliphatic heterocycles. The molecule has 138 valence electrons. The maximum absolute atomic E-state index is 12.4. The number of aryl methyl sites for hydroxylation is 1. The minimum Gasteiger partial charge on any atom is -0.342 e. The summed E-state index contributed by atoms with van der Waals surface area (Å²) >= 11 is 0. The fraction of sp³-hybridized carbons (Fsp3) is 0.444. The number of hydrogen-bond acceptors (Lipinski definition) is 4. The van der Waals surface area contributed by atoms with Crippen molar-refractivity contribution in [3.8, 4) is 11.3 Å². The maximum Gasteiger partial charge on any atom is 0.240 e. The lowest BCUT2D eigenvalue weighted by Crippen LogP contribution is -2.18. The van der Waals surface area contributed by atoms with Crippen LogP contribution >= 0.6 is 0 Å². The molecule has 1 aliphatic rings. The number of fused-ring (bicyclic) bond motifs is 1. The Labute approximate surface area is 152 Å². The van der Waals surface area contributed by atoms with E-state index in [0.717, 1.165) is 35.3 Å². The molecule has 1 fully saturated rings. The molecular formula is C18H23N5O2S. The standard InChI is InChI=1S/C18H23N5O2S/c1-19-26(24,25)13-8-14(16-10-23(2)11-20-16)17-15(9-13)21-18(22-17)12-6-4-3-5-7-12/h8-12,19H,3-7H2,1-2H3,(H,21,22). The zero-order valence-electron chi connectivity index (χ0n) is 15.0. The number of imidazole rings is 2. The number of hydrogen-bond donors (Lipinski definition) is 2. The number of sulfonamides is 1. The Kier molecular flexibility index (Phi) is 4.32. The third kappa shape index (κ3) is 3.03. The first-order valence-corrected chi connectivity index (χ1v) is 10.4. The molecule has 3 aromatic rings. The molecule has 0 radical (unpaired) electrons. The average molecular weight is 373 g/mol. The third-order valence-corrected chi connectivity index (χ3v) is 6.52. The second-order valence-electron chi connectivity index (χ2n) is 6.96. The van der Waals surface area contributed by atoms with Crippen LogP contribution < -0.4 is 4.72 Å². The Hall–Kier alpha value is -2.19. The molecule has 2 N–H and O–H groups in total. The highest BCUT2D eigenvalue weighted by Gasteiger charge is 2.23. The van der Waals surface area contributed by atoms with Crippen LogP contribution in [0.2, 0.25) is 0 Å². The number of benzene rings is 1. The number of nitrogens with one attached hydrogen (secondary N) is 2. The monoisotopic (exact) mass is 373 g/mol. The summed E-state index contributed by atoms with van der Waals surface area (Å²) < 4.78 is 29.0. The average Bonchev–Trinajstić information content (AvgIpc) is 3.27. The van der Waals surface area contributed by atoms with Gasteiger partial charge in [0.15, 0.2) is 0 Å². The highest BCUT2D eigenvalue weighted by molar-refractivity contribution is 7.89. The van der Waals surface area contributed by atoms with Gasteiger partial charge in [-0.25, -0.2) is 23.1 Å². The topological polar surface area (TPSA) is 92.7 Å². The molecule has 0 saturated heterocycles. The minimum atomic E-state index is -3.56. The third-order valence-electron chi connectivity index (χ3n) is 5.13. The number of rotatable bonds is 4. The van der Waals surface area contributed by atoms with E-state index in [-0.39, 0.29) is 4.90 Å². The van der Waals surface area contributed by atoms with Gasteiger partial charge in [0.2, 0.25) is 10.0 Å². The summed E-state index contributed by atoms with van der Waals surface area (Å²) in [5.74, 6) is 1.37. The molecule has 0 atom stereocenters. The summed E-state index contributed by atoms with van der Waals surface area (Å²) in [5.41, 5.74) is 2.96. The van der Waals surface area contributed by atoms with Crippen molar-refractivity contribution in [2.24, 2.45) is 7.05 Å². The molecule has 1 aromatic carbocycles.